The van der Waals surface area contributed by atoms with Crippen LogP contribution in [0.3, 0.4) is 0 Å². The maximum Gasteiger partial charge on any atom is 0.257 e. The Labute approximate surface area is 193 Å². The minimum atomic E-state index is -0.411. The highest BCUT2D eigenvalue weighted by Gasteiger charge is 2.17. The highest BCUT2D eigenvalue weighted by atomic mass is 35.5. The number of rotatable bonds is 5. The average molecular weight is 460 g/mol. The summed E-state index contributed by atoms with van der Waals surface area (Å²) in [4.78, 5) is 28.5. The molecule has 3 aromatic carbocycles. The van der Waals surface area contributed by atoms with Gasteiger partial charge in [0.25, 0.3) is 5.91 Å². The first-order chi connectivity index (χ1) is 15.5. The predicted octanol–water partition coefficient (Wildman–Crippen LogP) is 6.52. The number of hydrogen-bond acceptors (Lipinski definition) is 3. The summed E-state index contributed by atoms with van der Waals surface area (Å²) >= 11 is 12.1. The molecule has 0 saturated heterocycles. The third-order valence-electron chi connectivity index (χ3n) is 4.83. The highest BCUT2D eigenvalue weighted by Crippen LogP contribution is 2.25. The molecule has 0 spiro atoms. The monoisotopic (exact) mass is 459 g/mol. The number of hydrogen-bond donors (Lipinski definition) is 2. The van der Waals surface area contributed by atoms with Crippen molar-refractivity contribution in [3.8, 4) is 6.07 Å². The number of carbonyl (C=O) groups excluding carboxylic acids is 2. The molecule has 7 heteroatoms. The van der Waals surface area contributed by atoms with Crippen LogP contribution in [0.15, 0.2) is 78.5 Å². The number of anilines is 1. The fraction of sp³-hybridized carbons (Fsp3) is 0. The maximum atomic E-state index is 13.0. The summed E-state index contributed by atoms with van der Waals surface area (Å²) in [5.41, 5.74) is 2.51. The molecule has 0 unspecified atom stereocenters. The first kappa shape index (κ1) is 21.4. The molecule has 0 radical (unpaired) electrons. The quantitative estimate of drug-likeness (QED) is 0.202. The lowest BCUT2D eigenvalue weighted by atomic mass is 10.0. The summed E-state index contributed by atoms with van der Waals surface area (Å²) in [7, 11) is 0. The summed E-state index contributed by atoms with van der Waals surface area (Å²) in [5.74, 6) is -0.766. The zero-order chi connectivity index (χ0) is 22.7. The number of amides is 1. The summed E-state index contributed by atoms with van der Waals surface area (Å²) in [6.45, 7) is 0. The molecule has 156 valence electrons. The molecule has 0 atom stereocenters. The van der Waals surface area contributed by atoms with Gasteiger partial charge in [0.05, 0.1) is 10.6 Å². The van der Waals surface area contributed by atoms with Crippen LogP contribution in [-0.2, 0) is 0 Å². The van der Waals surface area contributed by atoms with Gasteiger partial charge in [-0.2, -0.15) is 5.26 Å². The van der Waals surface area contributed by atoms with E-state index in [2.05, 4.69) is 10.3 Å². The Balaban J connectivity index is 1.61. The van der Waals surface area contributed by atoms with Crippen LogP contribution in [0.1, 0.15) is 26.3 Å². The summed E-state index contributed by atoms with van der Waals surface area (Å²) in [6.07, 6.45) is 3.05. The molecule has 1 heterocycles. The van der Waals surface area contributed by atoms with E-state index in [9.17, 15) is 14.9 Å². The van der Waals surface area contributed by atoms with E-state index >= 15 is 0 Å². The number of halogens is 2. The average Bonchev–Trinajstić information content (AvgIpc) is 3.20. The van der Waals surface area contributed by atoms with Crippen molar-refractivity contribution in [1.82, 2.24) is 4.98 Å². The topological polar surface area (TPSA) is 85.8 Å². The van der Waals surface area contributed by atoms with Crippen molar-refractivity contribution in [2.24, 2.45) is 0 Å². The molecule has 1 aromatic heterocycles. The molecule has 4 aromatic rings. The Bertz CT molecular complexity index is 1430. The van der Waals surface area contributed by atoms with Gasteiger partial charge in [-0.3, -0.25) is 9.59 Å². The second-order valence-electron chi connectivity index (χ2n) is 6.95. The number of carbonyl (C=O) groups is 2. The molecule has 0 aliphatic rings. The maximum absolute atomic E-state index is 13.0. The zero-order valence-corrected chi connectivity index (χ0v) is 18.0. The van der Waals surface area contributed by atoms with Crippen LogP contribution >= 0.6 is 23.2 Å². The van der Waals surface area contributed by atoms with E-state index in [1.54, 1.807) is 72.9 Å². The molecule has 32 heavy (non-hydrogen) atoms. The number of aromatic nitrogens is 1. The van der Waals surface area contributed by atoms with Crippen molar-refractivity contribution in [3.05, 3.63) is 105 Å². The first-order valence-corrected chi connectivity index (χ1v) is 10.3. The smallest absolute Gasteiger partial charge is 0.257 e. The zero-order valence-electron chi connectivity index (χ0n) is 16.5. The van der Waals surface area contributed by atoms with Crippen LogP contribution in [0.4, 0.5) is 5.69 Å². The number of nitrogens with zero attached hydrogens (tertiary/aromatic N) is 1. The molecular formula is C25H15Cl2N3O2. The standard InChI is InChI=1S/C25H15Cl2N3O2/c26-17-8-9-19-21(14-29-23(19)12-17)24(31)16(13-28)10-15-4-3-5-18(11-15)30-25(32)20-6-1-2-7-22(20)27/h1-12,14,29H,(H,30,32)/b16-10+. The van der Waals surface area contributed by atoms with E-state index in [0.29, 0.717) is 43.3 Å². The third kappa shape index (κ3) is 4.42. The molecule has 5 nitrogen and oxygen atoms in total. The molecule has 4 rings (SSSR count). The van der Waals surface area contributed by atoms with Gasteiger partial charge in [0.1, 0.15) is 11.6 Å². The van der Waals surface area contributed by atoms with Crippen molar-refractivity contribution < 1.29 is 9.59 Å². The second-order valence-corrected chi connectivity index (χ2v) is 7.79. The fourth-order valence-electron chi connectivity index (χ4n) is 3.30. The van der Waals surface area contributed by atoms with Gasteiger partial charge in [0.15, 0.2) is 0 Å². The number of ketones is 1. The Morgan fingerprint density at radius 1 is 0.969 bits per heavy atom. The van der Waals surface area contributed by atoms with Crippen LogP contribution in [0, 0.1) is 11.3 Å². The Morgan fingerprint density at radius 3 is 2.56 bits per heavy atom. The predicted molar refractivity (Wildman–Crippen MR) is 127 cm³/mol. The van der Waals surface area contributed by atoms with E-state index in [1.165, 1.54) is 6.08 Å². The fourth-order valence-corrected chi connectivity index (χ4v) is 3.69. The largest absolute Gasteiger partial charge is 0.360 e. The molecule has 0 aliphatic heterocycles. The van der Waals surface area contributed by atoms with Gasteiger partial charge >= 0.3 is 0 Å². The molecular weight excluding hydrogens is 445 g/mol. The Hall–Kier alpha value is -3.85. The number of fused-ring (bicyclic) bond motifs is 1. The Kier molecular flexibility index (Phi) is 6.09. The minimum Gasteiger partial charge on any atom is -0.360 e. The Morgan fingerprint density at radius 2 is 1.78 bits per heavy atom. The van der Waals surface area contributed by atoms with Crippen LogP contribution in [-0.4, -0.2) is 16.7 Å². The van der Waals surface area contributed by atoms with Crippen molar-refractivity contribution in [3.63, 3.8) is 0 Å². The lowest BCUT2D eigenvalue weighted by Crippen LogP contribution is -2.12. The number of nitrogens with one attached hydrogen (secondary N) is 2. The van der Waals surface area contributed by atoms with E-state index in [4.69, 9.17) is 23.2 Å². The summed E-state index contributed by atoms with van der Waals surface area (Å²) in [6, 6.07) is 20.7. The van der Waals surface area contributed by atoms with Crippen LogP contribution in [0.2, 0.25) is 10.0 Å². The molecule has 1 amide bonds. The van der Waals surface area contributed by atoms with Gasteiger partial charge in [-0.15, -0.1) is 0 Å². The lowest BCUT2D eigenvalue weighted by Gasteiger charge is -2.07. The third-order valence-corrected chi connectivity index (χ3v) is 5.39. The van der Waals surface area contributed by atoms with Gasteiger partial charge < -0.3 is 10.3 Å². The van der Waals surface area contributed by atoms with E-state index < -0.39 is 5.78 Å². The number of allylic oxidation sites excluding steroid dienone is 1. The van der Waals surface area contributed by atoms with Gasteiger partial charge in [0, 0.05) is 33.4 Å². The van der Waals surface area contributed by atoms with E-state index in [0.717, 1.165) is 0 Å². The van der Waals surface area contributed by atoms with Crippen molar-refractivity contribution in [2.45, 2.75) is 0 Å². The molecule has 0 aliphatic carbocycles. The SMILES string of the molecule is N#C/C(=C\c1cccc(NC(=O)c2ccccc2Cl)c1)C(=O)c1c[nH]c2cc(Cl)ccc12. The second kappa shape index (κ2) is 9.11. The number of H-pyrrole nitrogens is 1. The van der Waals surface area contributed by atoms with Gasteiger partial charge in [-0.25, -0.2) is 0 Å². The van der Waals surface area contributed by atoms with E-state index in [1.807, 2.05) is 6.07 Å². The molecule has 0 fully saturated rings. The van der Waals surface area contributed by atoms with Gasteiger partial charge in [-0.05, 0) is 48.0 Å². The number of Topliss-reactive ketones (excluding diaryl/α,β-unsaturated/α-hetero) is 1. The molecule has 2 N–H and O–H groups in total. The van der Waals surface area contributed by atoms with Crippen LogP contribution in [0.25, 0.3) is 17.0 Å². The van der Waals surface area contributed by atoms with Crippen LogP contribution in [0.5, 0.6) is 0 Å². The summed E-state index contributed by atoms with van der Waals surface area (Å²) in [5, 5.41) is 14.0. The van der Waals surface area contributed by atoms with Gasteiger partial charge in [0.2, 0.25) is 5.78 Å². The lowest BCUT2D eigenvalue weighted by molar-refractivity contribution is 0.102. The summed E-state index contributed by atoms with van der Waals surface area (Å²) < 4.78 is 0. The molecule has 0 saturated carbocycles. The first-order valence-electron chi connectivity index (χ1n) is 9.55. The molecule has 0 bridgehead atoms. The number of nitriles is 1. The van der Waals surface area contributed by atoms with Gasteiger partial charge in [-0.1, -0.05) is 53.5 Å². The normalized spacial score (nSPS) is 11.2. The van der Waals surface area contributed by atoms with E-state index in [-0.39, 0.29) is 11.5 Å². The van der Waals surface area contributed by atoms with Crippen molar-refractivity contribution in [1.29, 1.82) is 5.26 Å². The van der Waals surface area contributed by atoms with Crippen LogP contribution < -0.4 is 5.32 Å². The number of benzene rings is 3. The minimum absolute atomic E-state index is 0.0320. The van der Waals surface area contributed by atoms with Crippen molar-refractivity contribution >= 4 is 57.6 Å². The van der Waals surface area contributed by atoms with Crippen molar-refractivity contribution in [2.75, 3.05) is 5.32 Å². The number of aromatic amines is 1. The highest BCUT2D eigenvalue weighted by molar-refractivity contribution is 6.34.